The second kappa shape index (κ2) is 5.72. The van der Waals surface area contributed by atoms with Gasteiger partial charge in [-0.25, -0.2) is 0 Å². The zero-order valence-electron chi connectivity index (χ0n) is 9.96. The van der Waals surface area contributed by atoms with Crippen molar-refractivity contribution in [2.24, 2.45) is 5.73 Å². The second-order valence-electron chi connectivity index (χ2n) is 4.34. The minimum atomic E-state index is 0.275. The molecule has 1 aliphatic rings. The molecular weight excluding hydrogens is 182 g/mol. The van der Waals surface area contributed by atoms with E-state index in [4.69, 9.17) is 5.73 Å². The van der Waals surface area contributed by atoms with Crippen LogP contribution in [0.3, 0.4) is 0 Å². The Bertz CT molecular complexity index is 293. The average molecular weight is 203 g/mol. The molecule has 1 fully saturated rings. The molecule has 0 heterocycles. The van der Waals surface area contributed by atoms with Crippen LogP contribution in [0.1, 0.15) is 30.9 Å². The lowest BCUT2D eigenvalue weighted by Crippen LogP contribution is -2.09. The first-order valence-corrected chi connectivity index (χ1v) is 5.56. The number of aryl methyl sites for hydroxylation is 2. The summed E-state index contributed by atoms with van der Waals surface area (Å²) in [6.45, 7) is 6.20. The van der Waals surface area contributed by atoms with E-state index in [0.29, 0.717) is 0 Å². The number of allylic oxidation sites excluding steroid dienone is 1. The fourth-order valence-corrected chi connectivity index (χ4v) is 1.25. The second-order valence-corrected chi connectivity index (χ2v) is 4.34. The van der Waals surface area contributed by atoms with Crippen molar-refractivity contribution in [3.63, 3.8) is 0 Å². The van der Waals surface area contributed by atoms with Crippen LogP contribution in [0.4, 0.5) is 0 Å². The average Bonchev–Trinajstić information content (AvgIpc) is 2.94. The van der Waals surface area contributed by atoms with E-state index in [1.54, 1.807) is 0 Å². The van der Waals surface area contributed by atoms with Crippen LogP contribution in [0.15, 0.2) is 35.9 Å². The van der Waals surface area contributed by atoms with Gasteiger partial charge in [-0.1, -0.05) is 47.0 Å². The first kappa shape index (κ1) is 12.0. The molecule has 0 spiro atoms. The van der Waals surface area contributed by atoms with Gasteiger partial charge >= 0.3 is 0 Å². The maximum absolute atomic E-state index is 5.46. The molecule has 2 rings (SSSR count). The molecule has 15 heavy (non-hydrogen) atoms. The van der Waals surface area contributed by atoms with Crippen LogP contribution in [0.25, 0.3) is 0 Å². The first-order valence-electron chi connectivity index (χ1n) is 5.56. The largest absolute Gasteiger partial charge is 0.325 e. The van der Waals surface area contributed by atoms with E-state index in [-0.39, 0.29) is 6.04 Å². The van der Waals surface area contributed by atoms with Gasteiger partial charge in [-0.2, -0.15) is 0 Å². The predicted molar refractivity (Wildman–Crippen MR) is 66.9 cm³/mol. The van der Waals surface area contributed by atoms with Crippen molar-refractivity contribution in [2.75, 3.05) is 0 Å². The zero-order chi connectivity index (χ0) is 11.3. The molecule has 0 radical (unpaired) electrons. The van der Waals surface area contributed by atoms with E-state index in [9.17, 15) is 0 Å². The molecule has 1 aromatic carbocycles. The van der Waals surface area contributed by atoms with E-state index in [2.05, 4.69) is 44.2 Å². The summed E-state index contributed by atoms with van der Waals surface area (Å²) in [6, 6.07) is 8.76. The molecule has 1 unspecified atom stereocenters. The van der Waals surface area contributed by atoms with E-state index in [0.717, 1.165) is 0 Å². The van der Waals surface area contributed by atoms with Crippen LogP contribution in [-0.4, -0.2) is 6.04 Å². The molecule has 1 nitrogen and oxygen atoms in total. The summed E-state index contributed by atoms with van der Waals surface area (Å²) in [5.74, 6) is 0. The minimum Gasteiger partial charge on any atom is -0.325 e. The third-order valence-corrected chi connectivity index (χ3v) is 2.26. The molecule has 2 N–H and O–H groups in total. The summed E-state index contributed by atoms with van der Waals surface area (Å²) in [6.07, 6.45) is 4.73. The van der Waals surface area contributed by atoms with Crippen molar-refractivity contribution < 1.29 is 0 Å². The molecule has 1 atom stereocenters. The van der Waals surface area contributed by atoms with Gasteiger partial charge in [0.05, 0.1) is 0 Å². The number of rotatable bonds is 1. The van der Waals surface area contributed by atoms with Crippen molar-refractivity contribution in [3.8, 4) is 0 Å². The molecule has 0 bridgehead atoms. The Hall–Kier alpha value is -1.08. The topological polar surface area (TPSA) is 26.0 Å². The van der Waals surface area contributed by atoms with Crippen LogP contribution >= 0.6 is 0 Å². The first-order chi connectivity index (χ1) is 7.08. The van der Waals surface area contributed by atoms with Gasteiger partial charge in [0.15, 0.2) is 0 Å². The molecule has 1 heteroatoms. The maximum atomic E-state index is 5.46. The standard InChI is InChI=1S/C8H10.C6H11N/c1-7-3-5-8(2)6-4-7;1-5(7)4-6-2-3-6/h3-6H,1-2H3;4-5H,2-3,7H2,1H3. The van der Waals surface area contributed by atoms with Gasteiger partial charge in [0, 0.05) is 6.04 Å². The maximum Gasteiger partial charge on any atom is 0.0197 e. The van der Waals surface area contributed by atoms with Crippen molar-refractivity contribution in [1.29, 1.82) is 0 Å². The van der Waals surface area contributed by atoms with E-state index in [1.807, 2.05) is 6.92 Å². The highest BCUT2D eigenvalue weighted by Gasteiger charge is 2.09. The summed E-state index contributed by atoms with van der Waals surface area (Å²) < 4.78 is 0. The predicted octanol–water partition coefficient (Wildman–Crippen LogP) is 3.36. The van der Waals surface area contributed by atoms with Crippen LogP contribution in [0.2, 0.25) is 0 Å². The van der Waals surface area contributed by atoms with E-state index < -0.39 is 0 Å². The molecule has 0 amide bonds. The number of hydrogen-bond acceptors (Lipinski definition) is 1. The lowest BCUT2D eigenvalue weighted by molar-refractivity contribution is 0.922. The Kier molecular flexibility index (Phi) is 4.57. The normalized spacial score (nSPS) is 15.1. The molecule has 1 saturated carbocycles. The third kappa shape index (κ3) is 6.08. The summed E-state index contributed by atoms with van der Waals surface area (Å²) >= 11 is 0. The highest BCUT2D eigenvalue weighted by Crippen LogP contribution is 2.27. The van der Waals surface area contributed by atoms with Crippen molar-refractivity contribution in [2.45, 2.75) is 39.7 Å². The number of hydrogen-bond donors (Lipinski definition) is 1. The Morgan fingerprint density at radius 1 is 1.07 bits per heavy atom. The smallest absolute Gasteiger partial charge is 0.0197 e. The summed E-state index contributed by atoms with van der Waals surface area (Å²) in [4.78, 5) is 0. The van der Waals surface area contributed by atoms with Crippen LogP contribution in [0, 0.1) is 13.8 Å². The molecule has 0 saturated heterocycles. The molecule has 1 aliphatic carbocycles. The highest BCUT2D eigenvalue weighted by molar-refractivity contribution is 5.19. The molecule has 1 aromatic rings. The Labute approximate surface area is 93.0 Å². The van der Waals surface area contributed by atoms with Gasteiger partial charge in [-0.05, 0) is 33.6 Å². The van der Waals surface area contributed by atoms with E-state index >= 15 is 0 Å². The van der Waals surface area contributed by atoms with Gasteiger partial charge in [0.25, 0.3) is 0 Å². The molecule has 82 valence electrons. The fourth-order valence-electron chi connectivity index (χ4n) is 1.25. The highest BCUT2D eigenvalue weighted by atomic mass is 14.6. The summed E-state index contributed by atoms with van der Waals surface area (Å²) in [5, 5.41) is 0. The van der Waals surface area contributed by atoms with Crippen LogP contribution < -0.4 is 5.73 Å². The molecular formula is C14H21N. The SMILES string of the molecule is CC(N)C=C1CC1.Cc1ccc(C)cc1. The van der Waals surface area contributed by atoms with Gasteiger partial charge in [-0.3, -0.25) is 0 Å². The van der Waals surface area contributed by atoms with Gasteiger partial charge in [-0.15, -0.1) is 0 Å². The summed E-state index contributed by atoms with van der Waals surface area (Å²) in [5.41, 5.74) is 9.65. The summed E-state index contributed by atoms with van der Waals surface area (Å²) in [7, 11) is 0. The van der Waals surface area contributed by atoms with Gasteiger partial charge in [0.1, 0.15) is 0 Å². The fraction of sp³-hybridized carbons (Fsp3) is 0.429. The Balaban J connectivity index is 0.000000151. The van der Waals surface area contributed by atoms with Crippen molar-refractivity contribution in [1.82, 2.24) is 0 Å². The van der Waals surface area contributed by atoms with Gasteiger partial charge in [0.2, 0.25) is 0 Å². The monoisotopic (exact) mass is 203 g/mol. The third-order valence-electron chi connectivity index (χ3n) is 2.26. The van der Waals surface area contributed by atoms with Crippen molar-refractivity contribution in [3.05, 3.63) is 47.0 Å². The lowest BCUT2D eigenvalue weighted by atomic mass is 10.2. The minimum absolute atomic E-state index is 0.275. The van der Waals surface area contributed by atoms with Crippen LogP contribution in [0.5, 0.6) is 0 Å². The van der Waals surface area contributed by atoms with Gasteiger partial charge < -0.3 is 5.73 Å². The Morgan fingerprint density at radius 2 is 1.47 bits per heavy atom. The quantitative estimate of drug-likeness (QED) is 0.696. The molecule has 0 aromatic heterocycles. The molecule has 0 aliphatic heterocycles. The number of benzene rings is 1. The van der Waals surface area contributed by atoms with Crippen molar-refractivity contribution >= 4 is 0 Å². The number of nitrogens with two attached hydrogens (primary N) is 1. The lowest BCUT2D eigenvalue weighted by Gasteiger charge is -1.90. The zero-order valence-corrected chi connectivity index (χ0v) is 9.96. The van der Waals surface area contributed by atoms with E-state index in [1.165, 1.54) is 29.5 Å². The van der Waals surface area contributed by atoms with Crippen LogP contribution in [-0.2, 0) is 0 Å². The Morgan fingerprint density at radius 3 is 1.67 bits per heavy atom.